The van der Waals surface area contributed by atoms with Gasteiger partial charge in [0.05, 0.1) is 17.4 Å². The zero-order valence-corrected chi connectivity index (χ0v) is 21.3. The van der Waals surface area contributed by atoms with Gasteiger partial charge in [-0.3, -0.25) is 9.69 Å². The van der Waals surface area contributed by atoms with Crippen LogP contribution in [0.3, 0.4) is 0 Å². The van der Waals surface area contributed by atoms with Crippen molar-refractivity contribution in [1.29, 1.82) is 0 Å². The minimum absolute atomic E-state index is 0.0860. The Bertz CT molecular complexity index is 1350. The second-order valence-corrected chi connectivity index (χ2v) is 9.87. The van der Waals surface area contributed by atoms with Crippen molar-refractivity contribution in [1.82, 2.24) is 9.80 Å². The van der Waals surface area contributed by atoms with Gasteiger partial charge in [0.2, 0.25) is 0 Å². The molecular weight excluding hydrogens is 502 g/mol. The number of carboxylic acid groups (broad SMARTS) is 1. The van der Waals surface area contributed by atoms with Crippen LogP contribution in [-0.4, -0.2) is 58.0 Å². The molecule has 1 N–H and O–H groups in total. The maximum Gasteiger partial charge on any atom is 0.329 e. The maximum absolute atomic E-state index is 14.1. The van der Waals surface area contributed by atoms with E-state index < -0.39 is 30.0 Å². The molecule has 2 aliphatic rings. The summed E-state index contributed by atoms with van der Waals surface area (Å²) in [4.78, 5) is 44.4. The van der Waals surface area contributed by atoms with Crippen LogP contribution in [0.4, 0.5) is 16.2 Å². The zero-order valence-electron chi connectivity index (χ0n) is 20.5. The van der Waals surface area contributed by atoms with E-state index in [1.165, 1.54) is 14.7 Å². The number of amides is 3. The lowest BCUT2D eigenvalue weighted by Crippen LogP contribution is -2.59. The number of carbonyl (C=O) groups excluding carboxylic acids is 2. The van der Waals surface area contributed by atoms with Crippen molar-refractivity contribution in [2.45, 2.75) is 24.9 Å². The average Bonchev–Trinajstić information content (AvgIpc) is 3.24. The van der Waals surface area contributed by atoms with E-state index >= 15 is 0 Å². The van der Waals surface area contributed by atoms with Crippen LogP contribution in [-0.2, 0) is 9.59 Å². The van der Waals surface area contributed by atoms with Gasteiger partial charge in [-0.25, -0.2) is 9.59 Å². The second kappa shape index (κ2) is 11.0. The summed E-state index contributed by atoms with van der Waals surface area (Å²) in [6.07, 6.45) is 1.10. The molecule has 38 heavy (non-hydrogen) atoms. The number of rotatable bonds is 3. The second-order valence-electron chi connectivity index (χ2n) is 9.44. The van der Waals surface area contributed by atoms with E-state index in [9.17, 15) is 19.5 Å². The fourth-order valence-electron chi connectivity index (χ4n) is 5.26. The summed E-state index contributed by atoms with van der Waals surface area (Å²) in [6.45, 7) is 0.706. The molecule has 2 bridgehead atoms. The van der Waals surface area contributed by atoms with Crippen molar-refractivity contribution >= 4 is 40.9 Å². The Morgan fingerprint density at radius 1 is 0.868 bits per heavy atom. The molecule has 192 valence electrons. The van der Waals surface area contributed by atoms with Crippen LogP contribution in [0.5, 0.6) is 0 Å². The van der Waals surface area contributed by atoms with E-state index in [4.69, 9.17) is 11.6 Å². The van der Waals surface area contributed by atoms with Crippen LogP contribution >= 0.6 is 11.6 Å². The number of aliphatic carboxylic acids is 1. The van der Waals surface area contributed by atoms with Crippen LogP contribution in [0.15, 0.2) is 84.9 Å². The van der Waals surface area contributed by atoms with Gasteiger partial charge in [-0.05, 0) is 67.3 Å². The van der Waals surface area contributed by atoms with Crippen LogP contribution in [0.1, 0.15) is 18.4 Å². The monoisotopic (exact) mass is 527 g/mol. The molecular formula is C30H26ClN3O4. The number of fused-ring (bicyclic) bond motifs is 2. The first kappa shape index (κ1) is 25.4. The Morgan fingerprint density at radius 2 is 1.47 bits per heavy atom. The number of hydrogen-bond acceptors (Lipinski definition) is 3. The molecule has 0 aromatic heterocycles. The van der Waals surface area contributed by atoms with Gasteiger partial charge in [-0.2, -0.15) is 0 Å². The van der Waals surface area contributed by atoms with Crippen molar-refractivity contribution in [3.63, 3.8) is 0 Å². The highest BCUT2D eigenvalue weighted by Gasteiger charge is 2.49. The van der Waals surface area contributed by atoms with E-state index in [0.717, 1.165) is 0 Å². The van der Waals surface area contributed by atoms with Crippen molar-refractivity contribution in [3.8, 4) is 11.8 Å². The predicted octanol–water partition coefficient (Wildman–Crippen LogP) is 5.03. The molecule has 3 aromatic rings. The smallest absolute Gasteiger partial charge is 0.329 e. The third-order valence-electron chi connectivity index (χ3n) is 7.05. The van der Waals surface area contributed by atoms with E-state index in [1.807, 2.05) is 60.7 Å². The van der Waals surface area contributed by atoms with Gasteiger partial charge in [0.15, 0.2) is 6.04 Å². The lowest BCUT2D eigenvalue weighted by Gasteiger charge is -2.39. The van der Waals surface area contributed by atoms with E-state index in [2.05, 4.69) is 11.8 Å². The van der Waals surface area contributed by atoms with E-state index in [-0.39, 0.29) is 12.5 Å². The van der Waals surface area contributed by atoms with Gasteiger partial charge >= 0.3 is 12.0 Å². The fourth-order valence-corrected chi connectivity index (χ4v) is 5.39. The van der Waals surface area contributed by atoms with Crippen LogP contribution in [0.2, 0.25) is 5.02 Å². The lowest BCUT2D eigenvalue weighted by molar-refractivity contribution is -0.145. The fraction of sp³-hybridized carbons (Fsp3) is 0.233. The van der Waals surface area contributed by atoms with E-state index in [1.54, 1.807) is 24.3 Å². The highest BCUT2D eigenvalue weighted by Crippen LogP contribution is 2.36. The molecule has 0 spiro atoms. The van der Waals surface area contributed by atoms with Crippen molar-refractivity contribution < 1.29 is 19.5 Å². The first-order valence-corrected chi connectivity index (χ1v) is 12.8. The molecule has 8 heteroatoms. The highest BCUT2D eigenvalue weighted by atomic mass is 35.5. The Morgan fingerprint density at radius 3 is 2.05 bits per heavy atom. The summed E-state index contributed by atoms with van der Waals surface area (Å²) in [5, 5.41) is 10.9. The molecule has 2 saturated heterocycles. The van der Waals surface area contributed by atoms with Crippen molar-refractivity contribution in [3.05, 3.63) is 95.5 Å². The Kier molecular flexibility index (Phi) is 7.34. The van der Waals surface area contributed by atoms with Gasteiger partial charge < -0.3 is 14.9 Å². The van der Waals surface area contributed by atoms with Crippen LogP contribution in [0.25, 0.3) is 0 Å². The third kappa shape index (κ3) is 5.22. The standard InChI is InChI=1S/C30H26ClN3O4/c31-23-14-11-21(12-15-23)13-16-27(35)33-20-22-17-18-32(28(29(36)37)26(33)19-22)30(38)34(24-7-3-1-4-8-24)25-9-5-2-6-10-25/h1-12,14-15,22,26,28H,17-20H2,(H,36,37)/t22?,26-,28+/m1/s1. The summed E-state index contributed by atoms with van der Waals surface area (Å²) in [5.74, 6) is 4.00. The number of hydrogen-bond donors (Lipinski definition) is 1. The van der Waals surface area contributed by atoms with Crippen LogP contribution < -0.4 is 4.90 Å². The Hall–Kier alpha value is -4.28. The first-order valence-electron chi connectivity index (χ1n) is 12.4. The molecule has 7 nitrogen and oxygen atoms in total. The number of carbonyl (C=O) groups is 3. The molecule has 0 aliphatic carbocycles. The molecule has 2 fully saturated rings. The van der Waals surface area contributed by atoms with Crippen molar-refractivity contribution in [2.75, 3.05) is 18.0 Å². The maximum atomic E-state index is 14.1. The van der Waals surface area contributed by atoms with Crippen molar-refractivity contribution in [2.24, 2.45) is 5.92 Å². The van der Waals surface area contributed by atoms with Gasteiger partial charge in [0.1, 0.15) is 0 Å². The normalized spacial score (nSPS) is 20.2. The number of likely N-dealkylation sites (tertiary alicyclic amines) is 2. The number of halogens is 1. The van der Waals surface area contributed by atoms with Gasteiger partial charge in [0.25, 0.3) is 5.91 Å². The largest absolute Gasteiger partial charge is 0.480 e. The zero-order chi connectivity index (χ0) is 26.6. The number of para-hydroxylation sites is 2. The third-order valence-corrected chi connectivity index (χ3v) is 7.30. The number of urea groups is 1. The van der Waals surface area contributed by atoms with Gasteiger partial charge in [-0.15, -0.1) is 0 Å². The summed E-state index contributed by atoms with van der Waals surface area (Å²) < 4.78 is 0. The molecule has 0 radical (unpaired) electrons. The molecule has 5 rings (SSSR count). The van der Waals surface area contributed by atoms with Crippen LogP contribution in [0, 0.1) is 17.8 Å². The molecule has 2 aliphatic heterocycles. The molecule has 1 unspecified atom stereocenters. The number of nitrogens with zero attached hydrogens (tertiary/aromatic N) is 3. The molecule has 3 atom stereocenters. The summed E-state index contributed by atoms with van der Waals surface area (Å²) in [7, 11) is 0. The molecule has 3 aromatic carbocycles. The molecule has 3 amide bonds. The minimum atomic E-state index is -1.20. The SMILES string of the molecule is O=C(O)[C@@H]1[C@H]2CC(CCN1C(=O)N(c1ccccc1)c1ccccc1)CN2C(=O)C#Cc1ccc(Cl)cc1. The Balaban J connectivity index is 1.46. The Labute approximate surface area is 226 Å². The summed E-state index contributed by atoms with van der Waals surface area (Å²) in [5.41, 5.74) is 1.89. The first-order chi connectivity index (χ1) is 18.4. The summed E-state index contributed by atoms with van der Waals surface area (Å²) in [6, 6.07) is 22.8. The van der Waals surface area contributed by atoms with Gasteiger partial charge in [-0.1, -0.05) is 53.9 Å². The predicted molar refractivity (Wildman–Crippen MR) is 145 cm³/mol. The van der Waals surface area contributed by atoms with Gasteiger partial charge in [0, 0.05) is 29.6 Å². The summed E-state index contributed by atoms with van der Waals surface area (Å²) >= 11 is 5.93. The number of benzene rings is 3. The topological polar surface area (TPSA) is 81.2 Å². The molecule has 2 heterocycles. The minimum Gasteiger partial charge on any atom is -0.480 e. The quantitative estimate of drug-likeness (QED) is 0.485. The number of anilines is 2. The number of carboxylic acids is 1. The lowest BCUT2D eigenvalue weighted by atomic mass is 10.0. The molecule has 0 saturated carbocycles. The highest BCUT2D eigenvalue weighted by molar-refractivity contribution is 6.30. The average molecular weight is 528 g/mol. The van der Waals surface area contributed by atoms with E-state index in [0.29, 0.717) is 41.3 Å².